The molecule has 202 valence electrons. The van der Waals surface area contributed by atoms with Gasteiger partial charge in [-0.15, -0.1) is 0 Å². The summed E-state index contributed by atoms with van der Waals surface area (Å²) >= 11 is 0. The lowest BCUT2D eigenvalue weighted by molar-refractivity contribution is -0.111. The summed E-state index contributed by atoms with van der Waals surface area (Å²) in [4.78, 5) is 27.6. The van der Waals surface area contributed by atoms with E-state index in [2.05, 4.69) is 16.9 Å². The zero-order valence-corrected chi connectivity index (χ0v) is 22.6. The van der Waals surface area contributed by atoms with Crippen molar-refractivity contribution in [3.05, 3.63) is 104 Å². The Kier molecular flexibility index (Phi) is 7.27. The Balaban J connectivity index is 1.26. The van der Waals surface area contributed by atoms with Crippen molar-refractivity contribution in [2.24, 2.45) is 7.05 Å². The number of aromatic nitrogens is 2. The maximum atomic E-state index is 12.9. The van der Waals surface area contributed by atoms with E-state index >= 15 is 0 Å². The van der Waals surface area contributed by atoms with Gasteiger partial charge in [0.25, 0.3) is 5.56 Å². The van der Waals surface area contributed by atoms with E-state index in [0.29, 0.717) is 30.8 Å². The number of ketones is 1. The van der Waals surface area contributed by atoms with Gasteiger partial charge in [0.2, 0.25) is 5.78 Å². The van der Waals surface area contributed by atoms with Gasteiger partial charge in [-0.3, -0.25) is 24.3 Å². The highest BCUT2D eigenvalue weighted by atomic mass is 16.5. The number of nitrogens with zero attached hydrogens (tertiary/aromatic N) is 4. The Hall–Kier alpha value is -4.70. The van der Waals surface area contributed by atoms with Gasteiger partial charge in [0.1, 0.15) is 23.5 Å². The SMILES string of the molecule is CCN(CCOC1CC(=C(C#N)C#N)c2ccccc21)C1C=CC(=C2C(=O)C(c3c(C)[nH]n(C)c3=O)=C2O)C=C1. The van der Waals surface area contributed by atoms with E-state index in [0.717, 1.165) is 23.2 Å². The van der Waals surface area contributed by atoms with Gasteiger partial charge in [0.05, 0.1) is 29.4 Å². The molecule has 1 heterocycles. The van der Waals surface area contributed by atoms with Crippen LogP contribution in [0, 0.1) is 29.6 Å². The quantitative estimate of drug-likeness (QED) is 0.405. The molecule has 0 amide bonds. The summed E-state index contributed by atoms with van der Waals surface area (Å²) in [5.74, 6) is -0.503. The van der Waals surface area contributed by atoms with Crippen LogP contribution in [0.1, 0.15) is 41.8 Å². The Morgan fingerprint density at radius 1 is 1.18 bits per heavy atom. The van der Waals surface area contributed by atoms with Crippen LogP contribution in [0.25, 0.3) is 11.1 Å². The lowest BCUT2D eigenvalue weighted by atomic mass is 9.80. The van der Waals surface area contributed by atoms with E-state index in [4.69, 9.17) is 4.74 Å². The second kappa shape index (κ2) is 10.8. The number of aryl methyl sites for hydroxylation is 2. The van der Waals surface area contributed by atoms with Crippen molar-refractivity contribution in [2.75, 3.05) is 19.7 Å². The number of aliphatic hydroxyl groups excluding tert-OH is 1. The number of allylic oxidation sites excluding steroid dienone is 6. The number of carbonyl (C=O) groups excluding carboxylic acids is 1. The van der Waals surface area contributed by atoms with E-state index in [9.17, 15) is 25.2 Å². The molecule has 0 saturated heterocycles. The van der Waals surface area contributed by atoms with Gasteiger partial charge >= 0.3 is 0 Å². The van der Waals surface area contributed by atoms with Crippen molar-refractivity contribution in [3.8, 4) is 12.1 Å². The van der Waals surface area contributed by atoms with Crippen LogP contribution in [-0.2, 0) is 16.6 Å². The van der Waals surface area contributed by atoms with Crippen molar-refractivity contribution in [2.45, 2.75) is 32.4 Å². The lowest BCUT2D eigenvalue weighted by Gasteiger charge is -2.29. The smallest absolute Gasteiger partial charge is 0.274 e. The highest BCUT2D eigenvalue weighted by Gasteiger charge is 2.39. The zero-order valence-electron chi connectivity index (χ0n) is 22.6. The summed E-state index contributed by atoms with van der Waals surface area (Å²) < 4.78 is 7.53. The zero-order chi connectivity index (χ0) is 28.6. The van der Waals surface area contributed by atoms with E-state index in [1.165, 1.54) is 4.68 Å². The van der Waals surface area contributed by atoms with E-state index < -0.39 is 0 Å². The summed E-state index contributed by atoms with van der Waals surface area (Å²) in [5.41, 5.74) is 4.01. The van der Waals surface area contributed by atoms with Gasteiger partial charge in [-0.1, -0.05) is 55.5 Å². The van der Waals surface area contributed by atoms with Gasteiger partial charge in [0, 0.05) is 31.7 Å². The van der Waals surface area contributed by atoms with Crippen LogP contribution in [-0.4, -0.2) is 51.3 Å². The molecule has 0 bridgehead atoms. The summed E-state index contributed by atoms with van der Waals surface area (Å²) in [6.45, 7) is 5.62. The fourth-order valence-corrected chi connectivity index (χ4v) is 5.65. The second-order valence-corrected chi connectivity index (χ2v) is 9.92. The number of rotatable bonds is 7. The molecule has 1 aromatic heterocycles. The van der Waals surface area contributed by atoms with E-state index in [1.54, 1.807) is 14.0 Å². The minimum atomic E-state index is -0.351. The molecule has 9 heteroatoms. The fraction of sp³-hybridized carbons (Fsp3) is 0.290. The number of hydrogen-bond acceptors (Lipinski definition) is 7. The topological polar surface area (TPSA) is 135 Å². The highest BCUT2D eigenvalue weighted by Crippen LogP contribution is 2.43. The summed E-state index contributed by atoms with van der Waals surface area (Å²) in [6, 6.07) is 11.7. The number of carbonyl (C=O) groups is 1. The first kappa shape index (κ1) is 26.9. The van der Waals surface area contributed by atoms with Gasteiger partial charge in [-0.2, -0.15) is 10.5 Å². The molecule has 0 spiro atoms. The molecule has 9 nitrogen and oxygen atoms in total. The van der Waals surface area contributed by atoms with Crippen molar-refractivity contribution >= 4 is 16.9 Å². The molecular formula is C31H29N5O4. The number of aromatic amines is 1. The summed E-state index contributed by atoms with van der Waals surface area (Å²) in [6.07, 6.45) is 7.87. The van der Waals surface area contributed by atoms with Crippen molar-refractivity contribution < 1.29 is 14.6 Å². The third-order valence-corrected chi connectivity index (χ3v) is 7.71. The second-order valence-electron chi connectivity index (χ2n) is 9.92. The number of ether oxygens (including phenoxy) is 1. The molecule has 1 unspecified atom stereocenters. The largest absolute Gasteiger partial charge is 0.506 e. The molecule has 0 aliphatic heterocycles. The Bertz CT molecular complexity index is 1670. The number of nitriles is 2. The standard InChI is InChI=1S/C31H29N5O4/c1-4-36(13-14-40-25-15-24(20(16-32)17-33)22-7-5-6-8-23(22)25)21-11-9-19(10-12-21)27-29(37)28(30(27)38)26-18(2)34-35(3)31(26)39/h5-12,21,25,34,37H,4,13-15H2,1-3H3. The first-order valence-corrected chi connectivity index (χ1v) is 13.1. The van der Waals surface area contributed by atoms with E-state index in [-0.39, 0.29) is 51.5 Å². The number of Topliss-reactive ketones (excluding diaryl/α,β-unsaturated/α-hetero) is 1. The van der Waals surface area contributed by atoms with E-state index in [1.807, 2.05) is 60.7 Å². The van der Waals surface area contributed by atoms with Crippen LogP contribution in [0.5, 0.6) is 0 Å². The molecule has 0 radical (unpaired) electrons. The third kappa shape index (κ3) is 4.46. The molecule has 1 atom stereocenters. The predicted octanol–water partition coefficient (Wildman–Crippen LogP) is 3.95. The molecule has 5 rings (SSSR count). The van der Waals surface area contributed by atoms with Gasteiger partial charge < -0.3 is 9.84 Å². The fourth-order valence-electron chi connectivity index (χ4n) is 5.65. The van der Waals surface area contributed by atoms with Gasteiger partial charge in [0.15, 0.2) is 0 Å². The highest BCUT2D eigenvalue weighted by molar-refractivity contribution is 6.39. The van der Waals surface area contributed by atoms with Crippen molar-refractivity contribution in [1.82, 2.24) is 14.7 Å². The van der Waals surface area contributed by atoms with Crippen LogP contribution < -0.4 is 5.56 Å². The average Bonchev–Trinajstić information content (AvgIpc) is 3.44. The monoisotopic (exact) mass is 535 g/mol. The number of hydrogen-bond donors (Lipinski definition) is 2. The first-order valence-electron chi connectivity index (χ1n) is 13.1. The summed E-state index contributed by atoms with van der Waals surface area (Å²) in [5, 5.41) is 32.3. The first-order chi connectivity index (χ1) is 19.3. The summed E-state index contributed by atoms with van der Waals surface area (Å²) in [7, 11) is 1.57. The minimum Gasteiger partial charge on any atom is -0.506 e. The number of nitrogens with one attached hydrogen (secondary N) is 1. The van der Waals surface area contributed by atoms with Crippen LogP contribution in [0.3, 0.4) is 0 Å². The number of H-pyrrole nitrogens is 1. The molecular weight excluding hydrogens is 506 g/mol. The average molecular weight is 536 g/mol. The lowest BCUT2D eigenvalue weighted by Crippen LogP contribution is -2.36. The number of aliphatic hydroxyl groups is 1. The molecule has 2 aromatic rings. The number of benzene rings is 1. The third-order valence-electron chi connectivity index (χ3n) is 7.71. The van der Waals surface area contributed by atoms with Crippen molar-refractivity contribution in [1.29, 1.82) is 10.5 Å². The molecule has 0 fully saturated rings. The molecule has 1 aromatic carbocycles. The van der Waals surface area contributed by atoms with Crippen molar-refractivity contribution in [3.63, 3.8) is 0 Å². The maximum absolute atomic E-state index is 12.9. The predicted molar refractivity (Wildman–Crippen MR) is 150 cm³/mol. The normalized spacial score (nSPS) is 19.6. The molecule has 3 aliphatic rings. The van der Waals surface area contributed by atoms with Crippen LogP contribution in [0.15, 0.2) is 75.8 Å². The minimum absolute atomic E-state index is 0.0203. The van der Waals surface area contributed by atoms with Gasteiger partial charge in [-0.25, -0.2) is 0 Å². The van der Waals surface area contributed by atoms with Crippen LogP contribution in [0.4, 0.5) is 0 Å². The molecule has 3 aliphatic carbocycles. The molecule has 40 heavy (non-hydrogen) atoms. The molecule has 2 N–H and O–H groups in total. The molecule has 0 saturated carbocycles. The van der Waals surface area contributed by atoms with Gasteiger partial charge in [-0.05, 0) is 35.7 Å². The van der Waals surface area contributed by atoms with Crippen LogP contribution >= 0.6 is 0 Å². The van der Waals surface area contributed by atoms with Crippen LogP contribution in [0.2, 0.25) is 0 Å². The number of likely N-dealkylation sites (N-methyl/N-ethyl adjacent to an activating group) is 1. The Morgan fingerprint density at radius 3 is 2.48 bits per heavy atom. The maximum Gasteiger partial charge on any atom is 0.274 e. The Labute approximate surface area is 231 Å². The number of fused-ring (bicyclic) bond motifs is 1. The Morgan fingerprint density at radius 2 is 1.88 bits per heavy atom.